The summed E-state index contributed by atoms with van der Waals surface area (Å²) >= 11 is 0. The Bertz CT molecular complexity index is 523. The van der Waals surface area contributed by atoms with Gasteiger partial charge in [0.2, 0.25) is 0 Å². The number of hydrogen-bond donors (Lipinski definition) is 1. The van der Waals surface area contributed by atoms with Gasteiger partial charge in [0.05, 0.1) is 0 Å². The minimum absolute atomic E-state index is 0.520. The smallest absolute Gasteiger partial charge is 0.00761 e. The van der Waals surface area contributed by atoms with Crippen LogP contribution in [0.2, 0.25) is 0 Å². The Balaban J connectivity index is 2.13. The summed E-state index contributed by atoms with van der Waals surface area (Å²) in [5.74, 6) is 0.592. The third-order valence-corrected chi connectivity index (χ3v) is 3.90. The highest BCUT2D eigenvalue weighted by Crippen LogP contribution is 2.23. The van der Waals surface area contributed by atoms with Crippen LogP contribution in [0.5, 0.6) is 0 Å². The Morgan fingerprint density at radius 1 is 0.800 bits per heavy atom. The predicted octanol–water partition coefficient (Wildman–Crippen LogP) is 4.63. The molecule has 0 bridgehead atoms. The van der Waals surface area contributed by atoms with Crippen LogP contribution >= 0.6 is 0 Å². The third-order valence-electron chi connectivity index (χ3n) is 3.90. The van der Waals surface area contributed by atoms with E-state index in [2.05, 4.69) is 74.6 Å². The molecule has 0 saturated heterocycles. The van der Waals surface area contributed by atoms with Crippen LogP contribution < -0.4 is 5.32 Å². The third kappa shape index (κ3) is 3.71. The van der Waals surface area contributed by atoms with Crippen molar-refractivity contribution in [1.29, 1.82) is 0 Å². The Kier molecular flexibility index (Phi) is 4.97. The van der Waals surface area contributed by atoms with Crippen molar-refractivity contribution < 1.29 is 0 Å². The number of benzene rings is 2. The number of hydrogen-bond acceptors (Lipinski definition) is 1. The first-order valence-electron chi connectivity index (χ1n) is 7.46. The van der Waals surface area contributed by atoms with Gasteiger partial charge in [-0.15, -0.1) is 0 Å². The van der Waals surface area contributed by atoms with E-state index in [-0.39, 0.29) is 0 Å². The summed E-state index contributed by atoms with van der Waals surface area (Å²) in [6.45, 7) is 6.66. The second kappa shape index (κ2) is 6.71. The van der Waals surface area contributed by atoms with Crippen LogP contribution in [0, 0.1) is 0 Å². The Labute approximate surface area is 123 Å². The normalized spacial score (nSPS) is 12.7. The second-order valence-corrected chi connectivity index (χ2v) is 5.87. The lowest BCUT2D eigenvalue weighted by Gasteiger charge is -2.11. The number of rotatable bonds is 5. The molecule has 1 nitrogen and oxygen atoms in total. The topological polar surface area (TPSA) is 12.0 Å². The van der Waals surface area contributed by atoms with Crippen molar-refractivity contribution >= 4 is 0 Å². The first-order chi connectivity index (χ1) is 9.60. The maximum Gasteiger partial charge on any atom is 0.00761 e. The van der Waals surface area contributed by atoms with Crippen molar-refractivity contribution in [2.75, 3.05) is 7.05 Å². The van der Waals surface area contributed by atoms with E-state index in [9.17, 15) is 0 Å². The average Bonchev–Trinajstić information content (AvgIpc) is 2.48. The minimum atomic E-state index is 0.520. The second-order valence-electron chi connectivity index (χ2n) is 5.87. The molecule has 0 aliphatic rings. The monoisotopic (exact) mass is 267 g/mol. The zero-order chi connectivity index (χ0) is 14.5. The summed E-state index contributed by atoms with van der Waals surface area (Å²) in [4.78, 5) is 0. The van der Waals surface area contributed by atoms with Crippen molar-refractivity contribution in [3.05, 3.63) is 59.7 Å². The fourth-order valence-corrected chi connectivity index (χ4v) is 2.35. The average molecular weight is 267 g/mol. The van der Waals surface area contributed by atoms with Crippen LogP contribution in [-0.2, 0) is 6.42 Å². The van der Waals surface area contributed by atoms with Gasteiger partial charge in [-0.3, -0.25) is 0 Å². The molecule has 0 aromatic heterocycles. The summed E-state index contributed by atoms with van der Waals surface area (Å²) in [5.41, 5.74) is 5.37. The van der Waals surface area contributed by atoms with Gasteiger partial charge in [0.25, 0.3) is 0 Å². The quantitative estimate of drug-likeness (QED) is 0.833. The van der Waals surface area contributed by atoms with E-state index >= 15 is 0 Å². The van der Waals surface area contributed by atoms with Crippen LogP contribution in [-0.4, -0.2) is 13.1 Å². The molecule has 106 valence electrons. The molecule has 0 saturated carbocycles. The van der Waals surface area contributed by atoms with E-state index in [1.54, 1.807) is 0 Å². The van der Waals surface area contributed by atoms with Crippen molar-refractivity contribution in [1.82, 2.24) is 5.32 Å². The van der Waals surface area contributed by atoms with Crippen molar-refractivity contribution in [3.63, 3.8) is 0 Å². The van der Waals surface area contributed by atoms with Gasteiger partial charge >= 0.3 is 0 Å². The molecule has 1 unspecified atom stereocenters. The van der Waals surface area contributed by atoms with Gasteiger partial charge in [-0.2, -0.15) is 0 Å². The summed E-state index contributed by atoms with van der Waals surface area (Å²) in [5, 5.41) is 3.28. The lowest BCUT2D eigenvalue weighted by molar-refractivity contribution is 0.608. The van der Waals surface area contributed by atoms with E-state index < -0.39 is 0 Å². The van der Waals surface area contributed by atoms with Gasteiger partial charge in [-0.05, 0) is 48.6 Å². The molecule has 1 atom stereocenters. The molecule has 1 N–H and O–H groups in total. The maximum absolute atomic E-state index is 3.28. The van der Waals surface area contributed by atoms with E-state index in [0.717, 1.165) is 6.42 Å². The van der Waals surface area contributed by atoms with Gasteiger partial charge in [0.15, 0.2) is 0 Å². The van der Waals surface area contributed by atoms with Crippen LogP contribution in [0.4, 0.5) is 0 Å². The largest absolute Gasteiger partial charge is 0.317 e. The Hall–Kier alpha value is -1.60. The lowest BCUT2D eigenvalue weighted by atomic mass is 9.97. The van der Waals surface area contributed by atoms with Gasteiger partial charge in [-0.25, -0.2) is 0 Å². The molecule has 0 fully saturated rings. The van der Waals surface area contributed by atoms with Crippen molar-refractivity contribution in [2.24, 2.45) is 0 Å². The molecule has 2 aromatic rings. The summed E-state index contributed by atoms with van der Waals surface area (Å²) in [7, 11) is 2.01. The standard InChI is InChI=1S/C19H25N/c1-14(2)17-9-11-19(12-10-17)18-7-5-16(6-8-18)13-15(3)20-4/h5-12,14-15,20H,13H2,1-4H3. The van der Waals surface area contributed by atoms with E-state index in [1.807, 2.05) is 7.05 Å². The summed E-state index contributed by atoms with van der Waals surface area (Å²) in [6, 6.07) is 18.4. The van der Waals surface area contributed by atoms with Gasteiger partial charge < -0.3 is 5.32 Å². The van der Waals surface area contributed by atoms with Crippen LogP contribution in [0.1, 0.15) is 37.8 Å². The van der Waals surface area contributed by atoms with Crippen molar-refractivity contribution in [3.8, 4) is 11.1 Å². The number of nitrogens with one attached hydrogen (secondary N) is 1. The molecule has 0 aliphatic heterocycles. The highest BCUT2D eigenvalue weighted by molar-refractivity contribution is 5.64. The summed E-state index contributed by atoms with van der Waals surface area (Å²) in [6.07, 6.45) is 1.07. The molecule has 0 heterocycles. The molecule has 20 heavy (non-hydrogen) atoms. The van der Waals surface area contributed by atoms with Crippen molar-refractivity contribution in [2.45, 2.75) is 39.2 Å². The van der Waals surface area contributed by atoms with Crippen LogP contribution in [0.15, 0.2) is 48.5 Å². The van der Waals surface area contributed by atoms with Gasteiger partial charge in [0, 0.05) is 6.04 Å². The van der Waals surface area contributed by atoms with Gasteiger partial charge in [0.1, 0.15) is 0 Å². The van der Waals surface area contributed by atoms with Crippen LogP contribution in [0.3, 0.4) is 0 Å². The van der Waals surface area contributed by atoms with E-state index in [0.29, 0.717) is 12.0 Å². The molecule has 1 heteroatoms. The van der Waals surface area contributed by atoms with E-state index in [1.165, 1.54) is 22.3 Å². The molecule has 0 amide bonds. The first-order valence-corrected chi connectivity index (χ1v) is 7.46. The van der Waals surface area contributed by atoms with E-state index in [4.69, 9.17) is 0 Å². The molecule has 0 spiro atoms. The fourth-order valence-electron chi connectivity index (χ4n) is 2.35. The Morgan fingerprint density at radius 2 is 1.30 bits per heavy atom. The minimum Gasteiger partial charge on any atom is -0.317 e. The zero-order valence-electron chi connectivity index (χ0n) is 13.0. The highest BCUT2D eigenvalue weighted by Gasteiger charge is 2.03. The Morgan fingerprint density at radius 3 is 1.75 bits per heavy atom. The first kappa shape index (κ1) is 14.8. The molecule has 2 aromatic carbocycles. The number of likely N-dealkylation sites (N-methyl/N-ethyl adjacent to an activating group) is 1. The maximum atomic E-state index is 3.28. The lowest BCUT2D eigenvalue weighted by Crippen LogP contribution is -2.23. The molecule has 0 radical (unpaired) electrons. The molecular formula is C19H25N. The van der Waals surface area contributed by atoms with Gasteiger partial charge in [-0.1, -0.05) is 62.4 Å². The molecule has 0 aliphatic carbocycles. The van der Waals surface area contributed by atoms with Crippen LogP contribution in [0.25, 0.3) is 11.1 Å². The molecule has 2 rings (SSSR count). The highest BCUT2D eigenvalue weighted by atomic mass is 14.8. The SMILES string of the molecule is CNC(C)Cc1ccc(-c2ccc(C(C)C)cc2)cc1. The zero-order valence-corrected chi connectivity index (χ0v) is 13.0. The summed E-state index contributed by atoms with van der Waals surface area (Å²) < 4.78 is 0. The predicted molar refractivity (Wildman–Crippen MR) is 88.2 cm³/mol. The molecular weight excluding hydrogens is 242 g/mol. The fraction of sp³-hybridized carbons (Fsp3) is 0.368.